The first kappa shape index (κ1) is 19.1. The Labute approximate surface area is 159 Å². The minimum atomic E-state index is -0.327. The van der Waals surface area contributed by atoms with Gasteiger partial charge in [0.1, 0.15) is 5.82 Å². The maximum absolute atomic E-state index is 14.5. The number of halogens is 1. The third kappa shape index (κ3) is 4.73. The summed E-state index contributed by atoms with van der Waals surface area (Å²) in [5.41, 5.74) is 1.47. The van der Waals surface area contributed by atoms with Crippen LogP contribution in [-0.2, 0) is 9.59 Å². The minimum absolute atomic E-state index is 0.00231. The van der Waals surface area contributed by atoms with Crippen molar-refractivity contribution in [1.29, 1.82) is 0 Å². The lowest BCUT2D eigenvalue weighted by Gasteiger charge is -2.25. The summed E-state index contributed by atoms with van der Waals surface area (Å²) < 4.78 is 14.5. The van der Waals surface area contributed by atoms with Gasteiger partial charge in [0, 0.05) is 45.4 Å². The first-order valence-corrected chi connectivity index (χ1v) is 9.39. The van der Waals surface area contributed by atoms with Gasteiger partial charge in [-0.3, -0.25) is 9.59 Å². The van der Waals surface area contributed by atoms with Gasteiger partial charge in [0.15, 0.2) is 0 Å². The van der Waals surface area contributed by atoms with Crippen LogP contribution in [0.2, 0.25) is 0 Å². The monoisotopic (exact) mass is 368 g/mol. The van der Waals surface area contributed by atoms with Crippen molar-refractivity contribution >= 4 is 11.8 Å². The highest BCUT2D eigenvalue weighted by atomic mass is 19.1. The number of hydrogen-bond donors (Lipinski definition) is 0. The van der Waals surface area contributed by atoms with Crippen LogP contribution in [0.15, 0.2) is 54.6 Å². The Morgan fingerprint density at radius 1 is 0.926 bits per heavy atom. The number of benzene rings is 2. The molecule has 1 fully saturated rings. The van der Waals surface area contributed by atoms with Gasteiger partial charge < -0.3 is 9.80 Å². The Kier molecular flexibility index (Phi) is 6.22. The SMILES string of the molecule is CC(=O)N1CCCN(C(=O)C[C@@H](c2ccccc2)c2ccccc2F)CC1. The van der Waals surface area contributed by atoms with Crippen LogP contribution in [0.3, 0.4) is 0 Å². The Bertz CT molecular complexity index is 794. The molecule has 0 aliphatic carbocycles. The lowest BCUT2D eigenvalue weighted by atomic mass is 9.87. The van der Waals surface area contributed by atoms with Gasteiger partial charge in [-0.2, -0.15) is 0 Å². The van der Waals surface area contributed by atoms with E-state index in [1.54, 1.807) is 34.9 Å². The van der Waals surface area contributed by atoms with E-state index in [-0.39, 0.29) is 30.0 Å². The zero-order chi connectivity index (χ0) is 19.2. The lowest BCUT2D eigenvalue weighted by molar-refractivity contribution is -0.132. The van der Waals surface area contributed by atoms with E-state index in [1.807, 2.05) is 30.3 Å². The van der Waals surface area contributed by atoms with Crippen molar-refractivity contribution < 1.29 is 14.0 Å². The molecule has 0 spiro atoms. The van der Waals surface area contributed by atoms with Crippen molar-refractivity contribution in [3.63, 3.8) is 0 Å². The first-order valence-electron chi connectivity index (χ1n) is 9.39. The average Bonchev–Trinajstić information content (AvgIpc) is 2.94. The molecule has 1 aliphatic rings. The molecule has 4 nitrogen and oxygen atoms in total. The normalized spacial score (nSPS) is 15.9. The second-order valence-corrected chi connectivity index (χ2v) is 6.93. The van der Waals surface area contributed by atoms with Crippen LogP contribution in [0.1, 0.15) is 36.8 Å². The Balaban J connectivity index is 1.79. The van der Waals surface area contributed by atoms with E-state index >= 15 is 0 Å². The number of carbonyl (C=O) groups excluding carboxylic acids is 2. The van der Waals surface area contributed by atoms with Gasteiger partial charge in [0.2, 0.25) is 11.8 Å². The standard InChI is InChI=1S/C22H25FN2O2/c1-17(26)24-12-7-13-25(15-14-24)22(27)16-20(18-8-3-2-4-9-18)19-10-5-6-11-21(19)23/h2-6,8-11,20H,7,12-16H2,1H3/t20-/m0/s1. The summed E-state index contributed by atoms with van der Waals surface area (Å²) in [6.45, 7) is 3.94. The molecule has 0 aromatic heterocycles. The van der Waals surface area contributed by atoms with Crippen LogP contribution in [-0.4, -0.2) is 47.8 Å². The van der Waals surface area contributed by atoms with Crippen molar-refractivity contribution in [3.05, 3.63) is 71.5 Å². The number of nitrogens with zero attached hydrogens (tertiary/aromatic N) is 2. The Morgan fingerprint density at radius 3 is 2.26 bits per heavy atom. The van der Waals surface area contributed by atoms with Gasteiger partial charge >= 0.3 is 0 Å². The van der Waals surface area contributed by atoms with Crippen LogP contribution >= 0.6 is 0 Å². The fourth-order valence-corrected chi connectivity index (χ4v) is 3.64. The Hall–Kier alpha value is -2.69. The molecule has 5 heteroatoms. The smallest absolute Gasteiger partial charge is 0.223 e. The maximum atomic E-state index is 14.5. The molecular formula is C22H25FN2O2. The molecule has 1 aliphatic heterocycles. The average molecular weight is 368 g/mol. The van der Waals surface area contributed by atoms with Crippen molar-refractivity contribution in [2.75, 3.05) is 26.2 Å². The van der Waals surface area contributed by atoms with Crippen LogP contribution in [0.4, 0.5) is 4.39 Å². The van der Waals surface area contributed by atoms with Crippen molar-refractivity contribution in [3.8, 4) is 0 Å². The van der Waals surface area contributed by atoms with E-state index in [1.165, 1.54) is 6.07 Å². The van der Waals surface area contributed by atoms with E-state index in [4.69, 9.17) is 0 Å². The van der Waals surface area contributed by atoms with E-state index in [0.717, 1.165) is 12.0 Å². The number of rotatable bonds is 4. The van der Waals surface area contributed by atoms with Crippen LogP contribution < -0.4 is 0 Å². The summed E-state index contributed by atoms with van der Waals surface area (Å²) in [6, 6.07) is 16.2. The van der Waals surface area contributed by atoms with E-state index < -0.39 is 0 Å². The summed E-state index contributed by atoms with van der Waals surface area (Å²) in [6.07, 6.45) is 0.978. The molecule has 2 aromatic carbocycles. The molecule has 0 saturated carbocycles. The number of amides is 2. The fourth-order valence-electron chi connectivity index (χ4n) is 3.64. The zero-order valence-corrected chi connectivity index (χ0v) is 15.6. The molecule has 1 heterocycles. The zero-order valence-electron chi connectivity index (χ0n) is 15.6. The van der Waals surface area contributed by atoms with Gasteiger partial charge in [-0.05, 0) is 23.6 Å². The molecule has 1 atom stereocenters. The van der Waals surface area contributed by atoms with Gasteiger partial charge in [-0.15, -0.1) is 0 Å². The van der Waals surface area contributed by atoms with Crippen LogP contribution in [0.5, 0.6) is 0 Å². The Morgan fingerprint density at radius 2 is 1.56 bits per heavy atom. The quantitative estimate of drug-likeness (QED) is 0.830. The lowest BCUT2D eigenvalue weighted by Crippen LogP contribution is -2.37. The molecule has 1 saturated heterocycles. The summed E-state index contributed by atoms with van der Waals surface area (Å²) in [4.78, 5) is 28.2. The molecule has 0 radical (unpaired) electrons. The molecular weight excluding hydrogens is 343 g/mol. The minimum Gasteiger partial charge on any atom is -0.341 e. The van der Waals surface area contributed by atoms with Crippen molar-refractivity contribution in [2.24, 2.45) is 0 Å². The van der Waals surface area contributed by atoms with E-state index in [9.17, 15) is 14.0 Å². The van der Waals surface area contributed by atoms with Crippen molar-refractivity contribution in [1.82, 2.24) is 9.80 Å². The number of carbonyl (C=O) groups is 2. The van der Waals surface area contributed by atoms with E-state index in [0.29, 0.717) is 31.7 Å². The topological polar surface area (TPSA) is 40.6 Å². The molecule has 27 heavy (non-hydrogen) atoms. The van der Waals surface area contributed by atoms with Gasteiger partial charge in [-0.1, -0.05) is 48.5 Å². The fraction of sp³-hybridized carbons (Fsp3) is 0.364. The van der Waals surface area contributed by atoms with Gasteiger partial charge in [-0.25, -0.2) is 4.39 Å². The molecule has 3 rings (SSSR count). The summed E-state index contributed by atoms with van der Waals surface area (Å²) in [7, 11) is 0. The third-order valence-electron chi connectivity index (χ3n) is 5.16. The second kappa shape index (κ2) is 8.80. The summed E-state index contributed by atoms with van der Waals surface area (Å²) in [5, 5.41) is 0. The second-order valence-electron chi connectivity index (χ2n) is 6.93. The predicted molar refractivity (Wildman–Crippen MR) is 103 cm³/mol. The molecule has 0 unspecified atom stereocenters. The van der Waals surface area contributed by atoms with E-state index in [2.05, 4.69) is 0 Å². The molecule has 0 N–H and O–H groups in total. The highest BCUT2D eigenvalue weighted by molar-refractivity contribution is 5.78. The summed E-state index contributed by atoms with van der Waals surface area (Å²) >= 11 is 0. The number of hydrogen-bond acceptors (Lipinski definition) is 2. The van der Waals surface area contributed by atoms with Crippen LogP contribution in [0.25, 0.3) is 0 Å². The van der Waals surface area contributed by atoms with Crippen LogP contribution in [0, 0.1) is 5.82 Å². The summed E-state index contributed by atoms with van der Waals surface area (Å²) in [5.74, 6) is -0.583. The molecule has 142 valence electrons. The van der Waals surface area contributed by atoms with Gasteiger partial charge in [0.05, 0.1) is 0 Å². The predicted octanol–water partition coefficient (Wildman–Crippen LogP) is 3.43. The largest absolute Gasteiger partial charge is 0.341 e. The third-order valence-corrected chi connectivity index (χ3v) is 5.16. The maximum Gasteiger partial charge on any atom is 0.223 e. The van der Waals surface area contributed by atoms with Gasteiger partial charge in [0.25, 0.3) is 0 Å². The van der Waals surface area contributed by atoms with Crippen molar-refractivity contribution in [2.45, 2.75) is 25.7 Å². The first-order chi connectivity index (χ1) is 13.1. The molecule has 2 amide bonds. The molecule has 0 bridgehead atoms. The highest BCUT2D eigenvalue weighted by Crippen LogP contribution is 2.30. The molecule has 2 aromatic rings. The highest BCUT2D eigenvalue weighted by Gasteiger charge is 2.26.